The number of oxime groups is 2. The summed E-state index contributed by atoms with van der Waals surface area (Å²) in [4.78, 5) is 0. The third kappa shape index (κ3) is 2.59. The first-order chi connectivity index (χ1) is 7.60. The van der Waals surface area contributed by atoms with Crippen LogP contribution in [0.5, 0.6) is 0 Å². The van der Waals surface area contributed by atoms with Crippen molar-refractivity contribution in [2.75, 3.05) is 0 Å². The summed E-state index contributed by atoms with van der Waals surface area (Å²) in [5, 5.41) is 23.6. The number of nitrogens with zero attached hydrogens (tertiary/aromatic N) is 2. The molecule has 2 N–H and O–H groups in total. The minimum atomic E-state index is 0.276. The molecule has 1 aromatic carbocycles. The van der Waals surface area contributed by atoms with Gasteiger partial charge in [-0.2, -0.15) is 0 Å². The number of rotatable bonds is 3. The Labute approximate surface area is 94.9 Å². The molecule has 0 aliphatic heterocycles. The summed E-state index contributed by atoms with van der Waals surface area (Å²) in [5.41, 5.74) is 2.49. The second kappa shape index (κ2) is 5.30. The Hall–Kier alpha value is -1.84. The van der Waals surface area contributed by atoms with E-state index in [1.54, 1.807) is 6.92 Å². The van der Waals surface area contributed by atoms with Crippen molar-refractivity contribution in [1.82, 2.24) is 0 Å². The highest BCUT2D eigenvalue weighted by Gasteiger charge is 2.09. The molecule has 4 heteroatoms. The molecule has 0 aromatic heterocycles. The summed E-state index contributed by atoms with van der Waals surface area (Å²) < 4.78 is 0. The van der Waals surface area contributed by atoms with Gasteiger partial charge in [0.25, 0.3) is 0 Å². The molecule has 0 unspecified atom stereocenters. The molecule has 0 spiro atoms. The first-order valence-corrected chi connectivity index (χ1v) is 5.11. The van der Waals surface area contributed by atoms with Crippen LogP contribution in [0.15, 0.2) is 34.6 Å². The van der Waals surface area contributed by atoms with Crippen molar-refractivity contribution in [2.45, 2.75) is 26.7 Å². The number of hydrogen-bond acceptors (Lipinski definition) is 4. The average Bonchev–Trinajstić information content (AvgIpc) is 2.30. The van der Waals surface area contributed by atoms with E-state index in [9.17, 15) is 0 Å². The van der Waals surface area contributed by atoms with Gasteiger partial charge in [-0.1, -0.05) is 48.4 Å². The molecule has 0 amide bonds. The lowest BCUT2D eigenvalue weighted by Gasteiger charge is -2.07. The third-order valence-corrected chi connectivity index (χ3v) is 2.44. The van der Waals surface area contributed by atoms with Crippen molar-refractivity contribution in [3.63, 3.8) is 0 Å². The smallest absolute Gasteiger partial charge is 0.134 e. The fourth-order valence-corrected chi connectivity index (χ4v) is 1.41. The molecule has 86 valence electrons. The summed E-state index contributed by atoms with van der Waals surface area (Å²) in [6, 6.07) is 7.63. The predicted molar refractivity (Wildman–Crippen MR) is 63.8 cm³/mol. The van der Waals surface area contributed by atoms with Crippen molar-refractivity contribution in [3.8, 4) is 0 Å². The van der Waals surface area contributed by atoms with Crippen LogP contribution in [0.2, 0.25) is 0 Å². The minimum absolute atomic E-state index is 0.276. The lowest BCUT2D eigenvalue weighted by Crippen LogP contribution is -2.12. The monoisotopic (exact) mass is 220 g/mol. The van der Waals surface area contributed by atoms with Gasteiger partial charge in [0.1, 0.15) is 11.4 Å². The van der Waals surface area contributed by atoms with Gasteiger partial charge in [0.15, 0.2) is 0 Å². The van der Waals surface area contributed by atoms with Crippen molar-refractivity contribution in [2.24, 2.45) is 10.3 Å². The van der Waals surface area contributed by atoms with Gasteiger partial charge in [-0.15, -0.1) is 0 Å². The van der Waals surface area contributed by atoms with Crippen LogP contribution < -0.4 is 0 Å². The van der Waals surface area contributed by atoms with Crippen LogP contribution in [0.4, 0.5) is 0 Å². The zero-order chi connectivity index (χ0) is 12.1. The molecule has 0 atom stereocenters. The van der Waals surface area contributed by atoms with E-state index in [1.165, 1.54) is 5.56 Å². The number of benzene rings is 1. The van der Waals surface area contributed by atoms with E-state index in [4.69, 9.17) is 10.4 Å². The summed E-state index contributed by atoms with van der Waals surface area (Å²) in [6.45, 7) is 5.79. The lowest BCUT2D eigenvalue weighted by atomic mass is 9.99. The first kappa shape index (κ1) is 12.2. The highest BCUT2D eigenvalue weighted by atomic mass is 16.4. The minimum Gasteiger partial charge on any atom is -0.411 e. The molecule has 0 saturated carbocycles. The molecule has 1 rings (SSSR count). The maximum atomic E-state index is 8.86. The molecular formula is C12H16N2O2. The van der Waals surface area contributed by atoms with Crippen LogP contribution >= 0.6 is 0 Å². The van der Waals surface area contributed by atoms with Gasteiger partial charge >= 0.3 is 0 Å². The van der Waals surface area contributed by atoms with E-state index in [-0.39, 0.29) is 11.4 Å². The lowest BCUT2D eigenvalue weighted by molar-refractivity contribution is 0.314. The van der Waals surface area contributed by atoms with Gasteiger partial charge < -0.3 is 10.4 Å². The van der Waals surface area contributed by atoms with Crippen molar-refractivity contribution in [3.05, 3.63) is 35.4 Å². The molecule has 0 aliphatic carbocycles. The predicted octanol–water partition coefficient (Wildman–Crippen LogP) is 2.84. The van der Waals surface area contributed by atoms with Gasteiger partial charge in [0.2, 0.25) is 0 Å². The van der Waals surface area contributed by atoms with Crippen LogP contribution in [0, 0.1) is 0 Å². The topological polar surface area (TPSA) is 65.2 Å². The van der Waals surface area contributed by atoms with Crippen LogP contribution in [-0.2, 0) is 0 Å². The van der Waals surface area contributed by atoms with Crippen molar-refractivity contribution >= 4 is 11.4 Å². The molecule has 0 bridgehead atoms. The highest BCUT2D eigenvalue weighted by Crippen LogP contribution is 2.15. The van der Waals surface area contributed by atoms with E-state index in [2.05, 4.69) is 24.2 Å². The largest absolute Gasteiger partial charge is 0.411 e. The molecule has 0 heterocycles. The molecule has 0 fully saturated rings. The first-order valence-electron chi connectivity index (χ1n) is 5.11. The van der Waals surface area contributed by atoms with E-state index < -0.39 is 0 Å². The van der Waals surface area contributed by atoms with E-state index >= 15 is 0 Å². The van der Waals surface area contributed by atoms with Crippen molar-refractivity contribution < 1.29 is 10.4 Å². The normalized spacial score (nSPS) is 13.2. The summed E-state index contributed by atoms with van der Waals surface area (Å²) in [7, 11) is 0. The quantitative estimate of drug-likeness (QED) is 0.467. The average molecular weight is 220 g/mol. The molecule has 1 aromatic rings. The van der Waals surface area contributed by atoms with Gasteiger partial charge in [0.05, 0.1) is 0 Å². The fourth-order valence-electron chi connectivity index (χ4n) is 1.41. The van der Waals surface area contributed by atoms with Crippen LogP contribution in [0.25, 0.3) is 0 Å². The summed E-state index contributed by atoms with van der Waals surface area (Å²) in [5.74, 6) is 0.455. The van der Waals surface area contributed by atoms with Gasteiger partial charge in [0, 0.05) is 5.56 Å². The fraction of sp³-hybridized carbons (Fsp3) is 0.333. The Morgan fingerprint density at radius 1 is 1.06 bits per heavy atom. The second-order valence-electron chi connectivity index (χ2n) is 3.91. The Balaban J connectivity index is 3.06. The second-order valence-corrected chi connectivity index (χ2v) is 3.91. The SMILES string of the molecule is CC(=N\O)/C(=N\O)c1ccc(C(C)C)cc1. The molecule has 0 radical (unpaired) electrons. The third-order valence-electron chi connectivity index (χ3n) is 2.44. The summed E-state index contributed by atoms with van der Waals surface area (Å²) >= 11 is 0. The van der Waals surface area contributed by atoms with Crippen molar-refractivity contribution in [1.29, 1.82) is 0 Å². The van der Waals surface area contributed by atoms with Gasteiger partial charge in [-0.05, 0) is 18.4 Å². The Bertz CT molecular complexity index is 406. The Kier molecular flexibility index (Phi) is 4.05. The van der Waals surface area contributed by atoms with E-state index in [1.807, 2.05) is 24.3 Å². The van der Waals surface area contributed by atoms with E-state index in [0.29, 0.717) is 5.92 Å². The number of hydrogen-bond donors (Lipinski definition) is 2. The molecule has 0 saturated heterocycles. The maximum Gasteiger partial charge on any atom is 0.134 e. The maximum absolute atomic E-state index is 8.86. The summed E-state index contributed by atoms with van der Waals surface area (Å²) in [6.07, 6.45) is 0. The Morgan fingerprint density at radius 2 is 1.62 bits per heavy atom. The van der Waals surface area contributed by atoms with Gasteiger partial charge in [-0.3, -0.25) is 0 Å². The van der Waals surface area contributed by atoms with Crippen LogP contribution in [0.3, 0.4) is 0 Å². The molecular weight excluding hydrogens is 204 g/mol. The zero-order valence-electron chi connectivity index (χ0n) is 9.68. The zero-order valence-corrected chi connectivity index (χ0v) is 9.68. The highest BCUT2D eigenvalue weighted by molar-refractivity contribution is 6.47. The standard InChI is InChI=1S/C12H16N2O2/c1-8(2)10-4-6-11(7-5-10)12(14-16)9(3)13-15/h4-8,15-16H,1-3H3/b13-9+,14-12+. The van der Waals surface area contributed by atoms with Gasteiger partial charge in [-0.25, -0.2) is 0 Å². The molecule has 0 aliphatic rings. The molecule has 4 nitrogen and oxygen atoms in total. The Morgan fingerprint density at radius 3 is 2.00 bits per heavy atom. The van der Waals surface area contributed by atoms with Crippen LogP contribution in [-0.4, -0.2) is 21.8 Å². The molecule has 16 heavy (non-hydrogen) atoms. The van der Waals surface area contributed by atoms with E-state index in [0.717, 1.165) is 5.56 Å². The van der Waals surface area contributed by atoms with Crippen LogP contribution in [0.1, 0.15) is 37.8 Å².